The monoisotopic (exact) mass is 369 g/mol. The fourth-order valence-corrected chi connectivity index (χ4v) is 2.45. The SMILES string of the molecule is O=c1[nH]c(=O)n(CCBr)c2nc(-c3ccc(Cl)nc3)[nH]c12. The minimum atomic E-state index is -0.499. The molecule has 0 fully saturated rings. The number of nitrogens with zero attached hydrogens (tertiary/aromatic N) is 3. The summed E-state index contributed by atoms with van der Waals surface area (Å²) in [6.45, 7) is 0.398. The molecule has 3 rings (SSSR count). The highest BCUT2D eigenvalue weighted by Gasteiger charge is 2.13. The largest absolute Gasteiger partial charge is 0.332 e. The van der Waals surface area contributed by atoms with Crippen molar-refractivity contribution in [3.63, 3.8) is 0 Å². The Balaban J connectivity index is 2.26. The second kappa shape index (κ2) is 5.45. The topological polar surface area (TPSA) is 96.4 Å². The Kier molecular flexibility index (Phi) is 3.64. The minimum absolute atomic E-state index is 0.250. The summed E-state index contributed by atoms with van der Waals surface area (Å²) in [6.07, 6.45) is 1.54. The van der Waals surface area contributed by atoms with Gasteiger partial charge in [-0.25, -0.2) is 14.8 Å². The van der Waals surface area contributed by atoms with Gasteiger partial charge in [0.25, 0.3) is 5.56 Å². The number of pyridine rings is 1. The highest BCUT2D eigenvalue weighted by Crippen LogP contribution is 2.18. The second-order valence-electron chi connectivity index (χ2n) is 4.25. The van der Waals surface area contributed by atoms with Crippen molar-refractivity contribution in [3.8, 4) is 11.4 Å². The number of alkyl halides is 1. The lowest BCUT2D eigenvalue weighted by atomic mass is 10.3. The van der Waals surface area contributed by atoms with Crippen LogP contribution in [-0.2, 0) is 6.54 Å². The van der Waals surface area contributed by atoms with E-state index in [1.54, 1.807) is 18.3 Å². The van der Waals surface area contributed by atoms with Crippen molar-refractivity contribution in [3.05, 3.63) is 44.3 Å². The lowest BCUT2D eigenvalue weighted by molar-refractivity contribution is 0.730. The molecule has 0 bridgehead atoms. The molecule has 0 aliphatic rings. The van der Waals surface area contributed by atoms with Crippen LogP contribution in [0.5, 0.6) is 0 Å². The highest BCUT2D eigenvalue weighted by atomic mass is 79.9. The first-order valence-electron chi connectivity index (χ1n) is 6.01. The van der Waals surface area contributed by atoms with E-state index in [0.29, 0.717) is 34.1 Å². The molecule has 0 aliphatic carbocycles. The molecule has 3 aromatic rings. The third kappa shape index (κ3) is 2.52. The third-order valence-corrected chi connectivity index (χ3v) is 3.52. The van der Waals surface area contributed by atoms with Gasteiger partial charge in [-0.05, 0) is 12.1 Å². The lowest BCUT2D eigenvalue weighted by Gasteiger charge is -2.01. The van der Waals surface area contributed by atoms with Crippen LogP contribution in [-0.4, -0.2) is 29.8 Å². The average molecular weight is 371 g/mol. The van der Waals surface area contributed by atoms with Crippen LogP contribution < -0.4 is 11.2 Å². The number of hydrogen-bond acceptors (Lipinski definition) is 4. The van der Waals surface area contributed by atoms with Gasteiger partial charge >= 0.3 is 5.69 Å². The van der Waals surface area contributed by atoms with E-state index in [1.165, 1.54) is 4.57 Å². The first-order valence-corrected chi connectivity index (χ1v) is 7.51. The maximum atomic E-state index is 11.9. The Morgan fingerprint density at radius 3 is 2.76 bits per heavy atom. The molecule has 9 heteroatoms. The summed E-state index contributed by atoms with van der Waals surface area (Å²) in [4.78, 5) is 37.2. The summed E-state index contributed by atoms with van der Waals surface area (Å²) >= 11 is 9.01. The van der Waals surface area contributed by atoms with Crippen molar-refractivity contribution in [2.45, 2.75) is 6.54 Å². The second-order valence-corrected chi connectivity index (χ2v) is 5.43. The molecule has 3 heterocycles. The zero-order valence-corrected chi connectivity index (χ0v) is 12.9. The van der Waals surface area contributed by atoms with Crippen molar-refractivity contribution in [2.24, 2.45) is 0 Å². The van der Waals surface area contributed by atoms with Crippen LogP contribution in [0, 0.1) is 0 Å². The fraction of sp³-hybridized carbons (Fsp3) is 0.167. The Morgan fingerprint density at radius 1 is 1.29 bits per heavy atom. The molecule has 108 valence electrons. The van der Waals surface area contributed by atoms with E-state index in [-0.39, 0.29) is 5.52 Å². The van der Waals surface area contributed by atoms with E-state index in [4.69, 9.17) is 11.6 Å². The Morgan fingerprint density at radius 2 is 2.10 bits per heavy atom. The van der Waals surface area contributed by atoms with E-state index < -0.39 is 11.2 Å². The molecule has 7 nitrogen and oxygen atoms in total. The summed E-state index contributed by atoms with van der Waals surface area (Å²) in [5, 5.41) is 0.933. The molecular formula is C12H9BrClN5O2. The Labute approximate surface area is 131 Å². The van der Waals surface area contributed by atoms with Crippen molar-refractivity contribution in [2.75, 3.05) is 5.33 Å². The molecule has 0 saturated heterocycles. The van der Waals surface area contributed by atoms with Gasteiger partial charge in [0, 0.05) is 23.6 Å². The zero-order valence-electron chi connectivity index (χ0n) is 10.6. The van der Waals surface area contributed by atoms with Crippen LogP contribution in [0.4, 0.5) is 0 Å². The first-order chi connectivity index (χ1) is 10.1. The van der Waals surface area contributed by atoms with Gasteiger partial charge in [-0.1, -0.05) is 27.5 Å². The van der Waals surface area contributed by atoms with Crippen molar-refractivity contribution in [1.29, 1.82) is 0 Å². The number of aromatic amines is 2. The number of H-pyrrole nitrogens is 2. The number of imidazole rings is 1. The van der Waals surface area contributed by atoms with Gasteiger partial charge in [0.15, 0.2) is 5.65 Å². The molecule has 0 aromatic carbocycles. The number of nitrogens with one attached hydrogen (secondary N) is 2. The summed E-state index contributed by atoms with van der Waals surface area (Å²) in [6, 6.07) is 3.36. The molecule has 0 atom stereocenters. The van der Waals surface area contributed by atoms with E-state index in [2.05, 4.69) is 35.9 Å². The quantitative estimate of drug-likeness (QED) is 0.540. The number of aromatic nitrogens is 5. The zero-order chi connectivity index (χ0) is 15.0. The molecule has 0 amide bonds. The Bertz CT molecular complexity index is 912. The highest BCUT2D eigenvalue weighted by molar-refractivity contribution is 9.09. The van der Waals surface area contributed by atoms with Gasteiger partial charge < -0.3 is 4.98 Å². The average Bonchev–Trinajstić information content (AvgIpc) is 2.90. The summed E-state index contributed by atoms with van der Waals surface area (Å²) in [7, 11) is 0. The van der Waals surface area contributed by atoms with Crippen LogP contribution >= 0.6 is 27.5 Å². The van der Waals surface area contributed by atoms with Crippen LogP contribution in [0.25, 0.3) is 22.6 Å². The maximum Gasteiger partial charge on any atom is 0.330 e. The van der Waals surface area contributed by atoms with E-state index >= 15 is 0 Å². The minimum Gasteiger partial charge on any atom is -0.332 e. The van der Waals surface area contributed by atoms with E-state index in [1.807, 2.05) is 0 Å². The molecule has 21 heavy (non-hydrogen) atoms. The number of hydrogen-bond donors (Lipinski definition) is 2. The summed E-state index contributed by atoms with van der Waals surface area (Å²) in [5.74, 6) is 0.452. The number of halogens is 2. The summed E-state index contributed by atoms with van der Waals surface area (Å²) < 4.78 is 1.40. The molecule has 0 radical (unpaired) electrons. The van der Waals surface area contributed by atoms with Crippen LogP contribution in [0.15, 0.2) is 27.9 Å². The van der Waals surface area contributed by atoms with Crippen molar-refractivity contribution < 1.29 is 0 Å². The van der Waals surface area contributed by atoms with E-state index in [9.17, 15) is 9.59 Å². The van der Waals surface area contributed by atoms with Gasteiger partial charge in [-0.3, -0.25) is 14.3 Å². The van der Waals surface area contributed by atoms with Gasteiger partial charge in [-0.2, -0.15) is 0 Å². The van der Waals surface area contributed by atoms with Crippen LogP contribution in [0.1, 0.15) is 0 Å². The van der Waals surface area contributed by atoms with Crippen LogP contribution in [0.3, 0.4) is 0 Å². The predicted molar refractivity (Wildman–Crippen MR) is 83.0 cm³/mol. The molecule has 0 aliphatic heterocycles. The van der Waals surface area contributed by atoms with Gasteiger partial charge in [0.05, 0.1) is 0 Å². The van der Waals surface area contributed by atoms with Gasteiger partial charge in [0.2, 0.25) is 0 Å². The summed E-state index contributed by atoms with van der Waals surface area (Å²) in [5.41, 5.74) is 0.252. The number of aryl methyl sites for hydroxylation is 1. The molecule has 3 aromatic heterocycles. The maximum absolute atomic E-state index is 11.9. The first kappa shape index (κ1) is 14.0. The smallest absolute Gasteiger partial charge is 0.330 e. The molecule has 0 unspecified atom stereocenters. The molecule has 2 N–H and O–H groups in total. The van der Waals surface area contributed by atoms with Crippen LogP contribution in [0.2, 0.25) is 5.15 Å². The van der Waals surface area contributed by atoms with Crippen molar-refractivity contribution in [1.82, 2.24) is 24.5 Å². The normalized spacial score (nSPS) is 11.1. The van der Waals surface area contributed by atoms with Gasteiger partial charge in [-0.15, -0.1) is 0 Å². The molecular weight excluding hydrogens is 362 g/mol. The molecule has 0 spiro atoms. The standard InChI is InChI=1S/C12H9BrClN5O2/c13-3-4-19-10-8(11(20)18-12(19)21)16-9(17-10)6-1-2-7(14)15-5-6/h1-2,5H,3-4H2,(H,16,17)(H,18,20,21). The third-order valence-electron chi connectivity index (χ3n) is 2.94. The number of fused-ring (bicyclic) bond motifs is 1. The number of rotatable bonds is 3. The Hall–Kier alpha value is -1.93. The fourth-order valence-electron chi connectivity index (χ4n) is 1.99. The van der Waals surface area contributed by atoms with Crippen molar-refractivity contribution >= 4 is 38.7 Å². The molecule has 0 saturated carbocycles. The van der Waals surface area contributed by atoms with E-state index in [0.717, 1.165) is 0 Å². The predicted octanol–water partition coefficient (Wildman–Crippen LogP) is 1.52. The lowest BCUT2D eigenvalue weighted by Crippen LogP contribution is -2.30. The van der Waals surface area contributed by atoms with Gasteiger partial charge in [0.1, 0.15) is 16.5 Å².